The average molecular weight is 260 g/mol. The number of hydrogen-bond acceptors (Lipinski definition) is 4. The number of carbonyl (C=O) groups excluding carboxylic acids is 1. The number of nitrogens with zero attached hydrogens (tertiary/aromatic N) is 3. The van der Waals surface area contributed by atoms with Crippen molar-refractivity contribution in [1.82, 2.24) is 4.90 Å². The van der Waals surface area contributed by atoms with Gasteiger partial charge < -0.3 is 15.0 Å². The van der Waals surface area contributed by atoms with Crippen molar-refractivity contribution in [2.24, 2.45) is 10.2 Å². The lowest BCUT2D eigenvalue weighted by Gasteiger charge is -2.29. The van der Waals surface area contributed by atoms with E-state index < -0.39 is 0 Å². The molecule has 2 aliphatic heterocycles. The minimum Gasteiger partial charge on any atom is -0.497 e. The summed E-state index contributed by atoms with van der Waals surface area (Å²) in [4.78, 5) is 13.9. The van der Waals surface area contributed by atoms with Crippen molar-refractivity contribution in [3.05, 3.63) is 24.3 Å². The first kappa shape index (κ1) is 12.0. The SMILES string of the molecule is COc1ccc(NC(=O)N2CCC3(CC2)N=N3)cc1. The summed E-state index contributed by atoms with van der Waals surface area (Å²) in [6, 6.07) is 7.23. The van der Waals surface area contributed by atoms with E-state index in [0.29, 0.717) is 13.1 Å². The lowest BCUT2D eigenvalue weighted by atomic mass is 10.0. The molecule has 0 aliphatic carbocycles. The lowest BCUT2D eigenvalue weighted by Crippen LogP contribution is -2.43. The Kier molecular flexibility index (Phi) is 2.85. The molecule has 1 aromatic carbocycles. The number of carbonyl (C=O) groups is 1. The molecular formula is C13H16N4O2. The highest BCUT2D eigenvalue weighted by atomic mass is 16.5. The molecular weight excluding hydrogens is 244 g/mol. The number of hydrogen-bond donors (Lipinski definition) is 1. The largest absolute Gasteiger partial charge is 0.497 e. The van der Waals surface area contributed by atoms with Gasteiger partial charge in [0.25, 0.3) is 0 Å². The highest BCUT2D eigenvalue weighted by Gasteiger charge is 2.43. The predicted octanol–water partition coefficient (Wildman–Crippen LogP) is 2.49. The van der Waals surface area contributed by atoms with Crippen LogP contribution in [0.4, 0.5) is 10.5 Å². The van der Waals surface area contributed by atoms with E-state index in [4.69, 9.17) is 4.74 Å². The van der Waals surface area contributed by atoms with E-state index in [1.807, 2.05) is 24.3 Å². The number of benzene rings is 1. The number of nitrogens with one attached hydrogen (secondary N) is 1. The molecule has 0 radical (unpaired) electrons. The Morgan fingerprint density at radius 2 is 1.89 bits per heavy atom. The first-order chi connectivity index (χ1) is 9.21. The number of urea groups is 1. The molecule has 1 saturated heterocycles. The molecule has 1 spiro atoms. The molecule has 0 bridgehead atoms. The fourth-order valence-electron chi connectivity index (χ4n) is 2.22. The van der Waals surface area contributed by atoms with Gasteiger partial charge in [-0.2, -0.15) is 10.2 Å². The monoisotopic (exact) mass is 260 g/mol. The summed E-state index contributed by atoms with van der Waals surface area (Å²) in [5, 5.41) is 11.0. The second-order valence-corrected chi connectivity index (χ2v) is 4.83. The molecule has 1 fully saturated rings. The van der Waals surface area contributed by atoms with Crippen LogP contribution in [-0.4, -0.2) is 36.8 Å². The minimum absolute atomic E-state index is 0.0688. The lowest BCUT2D eigenvalue weighted by molar-refractivity contribution is 0.189. The van der Waals surface area contributed by atoms with Gasteiger partial charge in [-0.3, -0.25) is 0 Å². The molecule has 2 aliphatic rings. The number of anilines is 1. The van der Waals surface area contributed by atoms with Crippen molar-refractivity contribution in [2.75, 3.05) is 25.5 Å². The molecule has 100 valence electrons. The van der Waals surface area contributed by atoms with Gasteiger partial charge in [0, 0.05) is 31.6 Å². The van der Waals surface area contributed by atoms with Gasteiger partial charge in [-0.05, 0) is 24.3 Å². The first-order valence-electron chi connectivity index (χ1n) is 6.35. The van der Waals surface area contributed by atoms with Gasteiger partial charge in [-0.25, -0.2) is 4.79 Å². The Bertz CT molecular complexity index is 496. The molecule has 2 amide bonds. The van der Waals surface area contributed by atoms with Gasteiger partial charge in [-0.1, -0.05) is 0 Å². The van der Waals surface area contributed by atoms with Gasteiger partial charge in [0.05, 0.1) is 7.11 Å². The van der Waals surface area contributed by atoms with E-state index >= 15 is 0 Å². The quantitative estimate of drug-likeness (QED) is 0.887. The van der Waals surface area contributed by atoms with Crippen LogP contribution in [0.3, 0.4) is 0 Å². The van der Waals surface area contributed by atoms with Gasteiger partial charge in [0.15, 0.2) is 5.66 Å². The van der Waals surface area contributed by atoms with Crippen molar-refractivity contribution in [3.63, 3.8) is 0 Å². The maximum atomic E-state index is 12.1. The summed E-state index contributed by atoms with van der Waals surface area (Å²) in [5.74, 6) is 0.773. The van der Waals surface area contributed by atoms with Crippen molar-refractivity contribution in [2.45, 2.75) is 18.5 Å². The summed E-state index contributed by atoms with van der Waals surface area (Å²) in [5.41, 5.74) is 0.628. The average Bonchev–Trinajstić information content (AvgIpc) is 3.20. The molecule has 6 heteroatoms. The Morgan fingerprint density at radius 3 is 2.42 bits per heavy atom. The zero-order valence-electron chi connectivity index (χ0n) is 10.8. The van der Waals surface area contributed by atoms with Gasteiger partial charge >= 0.3 is 6.03 Å². The number of rotatable bonds is 2. The molecule has 3 rings (SSSR count). The van der Waals surface area contributed by atoms with E-state index in [2.05, 4.69) is 15.5 Å². The topological polar surface area (TPSA) is 66.3 Å². The Hall–Kier alpha value is -2.11. The first-order valence-corrected chi connectivity index (χ1v) is 6.35. The second kappa shape index (κ2) is 4.53. The van der Waals surface area contributed by atoms with Crippen molar-refractivity contribution in [3.8, 4) is 5.75 Å². The number of amides is 2. The van der Waals surface area contributed by atoms with Crippen molar-refractivity contribution < 1.29 is 9.53 Å². The zero-order chi connectivity index (χ0) is 13.3. The highest BCUT2D eigenvalue weighted by Crippen LogP contribution is 2.38. The molecule has 1 aromatic rings. The number of ether oxygens (including phenoxy) is 1. The Morgan fingerprint density at radius 1 is 1.26 bits per heavy atom. The van der Waals surface area contributed by atoms with Gasteiger partial charge in [-0.15, -0.1) is 0 Å². The van der Waals surface area contributed by atoms with E-state index in [1.54, 1.807) is 12.0 Å². The normalized spacial score (nSPS) is 19.3. The number of piperidine rings is 1. The third-order valence-electron chi connectivity index (χ3n) is 3.58. The maximum Gasteiger partial charge on any atom is 0.321 e. The van der Waals surface area contributed by atoms with Crippen LogP contribution in [0.1, 0.15) is 12.8 Å². The smallest absolute Gasteiger partial charge is 0.321 e. The molecule has 19 heavy (non-hydrogen) atoms. The molecule has 2 heterocycles. The van der Waals surface area contributed by atoms with Crippen LogP contribution < -0.4 is 10.1 Å². The van der Waals surface area contributed by atoms with Crippen LogP contribution in [0.2, 0.25) is 0 Å². The van der Waals surface area contributed by atoms with E-state index in [9.17, 15) is 4.79 Å². The van der Waals surface area contributed by atoms with E-state index in [0.717, 1.165) is 24.3 Å². The molecule has 1 N–H and O–H groups in total. The van der Waals surface area contributed by atoms with Crippen molar-refractivity contribution >= 4 is 11.7 Å². The zero-order valence-corrected chi connectivity index (χ0v) is 10.8. The molecule has 6 nitrogen and oxygen atoms in total. The number of methoxy groups -OCH3 is 1. The fourth-order valence-corrected chi connectivity index (χ4v) is 2.22. The van der Waals surface area contributed by atoms with E-state index in [1.165, 1.54) is 0 Å². The molecule has 0 atom stereocenters. The standard InChI is InChI=1S/C13H16N4O2/c1-19-11-4-2-10(3-5-11)14-12(18)17-8-6-13(7-9-17)15-16-13/h2-5H,6-9H2,1H3,(H,14,18). The molecule has 0 saturated carbocycles. The van der Waals surface area contributed by atoms with Gasteiger partial charge in [0.1, 0.15) is 5.75 Å². The Labute approximate surface area is 111 Å². The maximum absolute atomic E-state index is 12.1. The van der Waals surface area contributed by atoms with Crippen LogP contribution in [0.15, 0.2) is 34.5 Å². The van der Waals surface area contributed by atoms with Crippen molar-refractivity contribution in [1.29, 1.82) is 0 Å². The minimum atomic E-state index is -0.142. The Balaban J connectivity index is 1.55. The highest BCUT2D eigenvalue weighted by molar-refractivity contribution is 5.89. The summed E-state index contributed by atoms with van der Waals surface area (Å²) >= 11 is 0. The summed E-state index contributed by atoms with van der Waals surface area (Å²) in [6.45, 7) is 1.41. The third-order valence-corrected chi connectivity index (χ3v) is 3.58. The number of likely N-dealkylation sites (tertiary alicyclic amines) is 1. The molecule has 0 aromatic heterocycles. The predicted molar refractivity (Wildman–Crippen MR) is 70.4 cm³/mol. The fraction of sp³-hybridized carbons (Fsp3) is 0.462. The second-order valence-electron chi connectivity index (χ2n) is 4.83. The van der Waals surface area contributed by atoms with Crippen LogP contribution >= 0.6 is 0 Å². The van der Waals surface area contributed by atoms with E-state index in [-0.39, 0.29) is 11.7 Å². The summed E-state index contributed by atoms with van der Waals surface area (Å²) < 4.78 is 5.08. The van der Waals surface area contributed by atoms with Crippen LogP contribution in [0.5, 0.6) is 5.75 Å². The van der Waals surface area contributed by atoms with Crippen LogP contribution in [0.25, 0.3) is 0 Å². The van der Waals surface area contributed by atoms with Crippen LogP contribution in [0, 0.1) is 0 Å². The van der Waals surface area contributed by atoms with Gasteiger partial charge in [0.2, 0.25) is 0 Å². The van der Waals surface area contributed by atoms with Crippen LogP contribution in [-0.2, 0) is 0 Å². The summed E-state index contributed by atoms with van der Waals surface area (Å²) in [7, 11) is 1.62. The molecule has 0 unspecified atom stereocenters. The summed E-state index contributed by atoms with van der Waals surface area (Å²) in [6.07, 6.45) is 1.67. The third kappa shape index (κ3) is 2.52.